The number of carbonyl (C=O) groups excluding carboxylic acids is 1. The number of nitrogens with one attached hydrogen (secondary N) is 2. The van der Waals surface area contributed by atoms with Gasteiger partial charge in [0.05, 0.1) is 21.7 Å². The number of nitrogens with zero attached hydrogens (tertiary/aromatic N) is 2. The Kier molecular flexibility index (Phi) is 9.16. The average molecular weight is 651 g/mol. The molecule has 4 aromatic rings. The SMILES string of the molecule is C[C@H]1C[C@H](n2c(Nc3ccc(OC(F)(F)F)cc3)nc3cc(OCC(=O)Nc4cc(C(F)F)ccc4Cl)ccc32)CC(C)(C)C1. The van der Waals surface area contributed by atoms with Gasteiger partial charge in [0.25, 0.3) is 12.3 Å². The van der Waals surface area contributed by atoms with Gasteiger partial charge in [0.2, 0.25) is 5.95 Å². The molecule has 45 heavy (non-hydrogen) atoms. The number of halogens is 6. The van der Waals surface area contributed by atoms with Crippen molar-refractivity contribution >= 4 is 45.9 Å². The highest BCUT2D eigenvalue weighted by Crippen LogP contribution is 2.46. The van der Waals surface area contributed by atoms with Crippen LogP contribution in [0.1, 0.15) is 58.1 Å². The highest BCUT2D eigenvalue weighted by atomic mass is 35.5. The average Bonchev–Trinajstić information content (AvgIpc) is 3.29. The van der Waals surface area contributed by atoms with Gasteiger partial charge in [0.1, 0.15) is 11.5 Å². The van der Waals surface area contributed by atoms with Gasteiger partial charge in [-0.2, -0.15) is 0 Å². The zero-order valence-electron chi connectivity index (χ0n) is 24.7. The molecular weight excluding hydrogens is 619 g/mol. The third-order valence-electron chi connectivity index (χ3n) is 7.62. The summed E-state index contributed by atoms with van der Waals surface area (Å²) in [6.45, 7) is 6.27. The van der Waals surface area contributed by atoms with E-state index in [9.17, 15) is 26.7 Å². The van der Waals surface area contributed by atoms with E-state index in [0.717, 1.165) is 30.8 Å². The van der Waals surface area contributed by atoms with Crippen molar-refractivity contribution < 1.29 is 36.2 Å². The van der Waals surface area contributed by atoms with E-state index in [1.165, 1.54) is 36.4 Å². The minimum absolute atomic E-state index is 0.0515. The maximum atomic E-state index is 13.1. The summed E-state index contributed by atoms with van der Waals surface area (Å²) in [5.41, 5.74) is 1.78. The van der Waals surface area contributed by atoms with Crippen LogP contribution in [0.25, 0.3) is 11.0 Å². The first kappa shape index (κ1) is 32.3. The van der Waals surface area contributed by atoms with E-state index >= 15 is 0 Å². The predicted octanol–water partition coefficient (Wildman–Crippen LogP) is 9.67. The van der Waals surface area contributed by atoms with Gasteiger partial charge in [-0.15, -0.1) is 13.2 Å². The van der Waals surface area contributed by atoms with Crippen LogP contribution in [0.3, 0.4) is 0 Å². The van der Waals surface area contributed by atoms with Crippen molar-refractivity contribution in [2.45, 2.75) is 58.9 Å². The van der Waals surface area contributed by atoms with Gasteiger partial charge in [-0.3, -0.25) is 4.79 Å². The van der Waals surface area contributed by atoms with Gasteiger partial charge in [0.15, 0.2) is 6.61 Å². The molecule has 2 N–H and O–H groups in total. The van der Waals surface area contributed by atoms with Gasteiger partial charge >= 0.3 is 6.36 Å². The minimum atomic E-state index is -4.79. The van der Waals surface area contributed by atoms with Gasteiger partial charge in [-0.05, 0) is 79.1 Å². The van der Waals surface area contributed by atoms with Gasteiger partial charge in [-0.25, -0.2) is 13.8 Å². The molecule has 7 nitrogen and oxygen atoms in total. The lowest BCUT2D eigenvalue weighted by atomic mass is 9.70. The van der Waals surface area contributed by atoms with Crippen LogP contribution >= 0.6 is 11.6 Å². The first-order valence-corrected chi connectivity index (χ1v) is 14.7. The lowest BCUT2D eigenvalue weighted by molar-refractivity contribution is -0.274. The van der Waals surface area contributed by atoms with Gasteiger partial charge < -0.3 is 24.7 Å². The second-order valence-electron chi connectivity index (χ2n) is 12.1. The smallest absolute Gasteiger partial charge is 0.484 e. The van der Waals surface area contributed by atoms with E-state index < -0.39 is 25.3 Å². The lowest BCUT2D eigenvalue weighted by Gasteiger charge is -2.40. The standard InChI is InChI=1S/C32H32ClF5N4O3/c1-18-12-21(16-31(2,3)15-18)42-27-11-9-23(44-17-28(43)40-25-13-19(29(34)35)4-10-24(25)33)14-26(27)41-30(42)39-20-5-7-22(8-6-20)45-32(36,37)38/h4-11,13-14,18,21,29H,12,15-17H2,1-3H3,(H,39,41)(H,40,43)/t18-,21-/m0/s1. The number of anilines is 3. The molecular formula is C32H32ClF5N4O3. The molecule has 1 aromatic heterocycles. The first-order valence-electron chi connectivity index (χ1n) is 14.3. The van der Waals surface area contributed by atoms with Crippen molar-refractivity contribution in [2.75, 3.05) is 17.2 Å². The van der Waals surface area contributed by atoms with Gasteiger partial charge in [-0.1, -0.05) is 38.4 Å². The topological polar surface area (TPSA) is 77.4 Å². The highest BCUT2D eigenvalue weighted by molar-refractivity contribution is 6.33. The monoisotopic (exact) mass is 650 g/mol. The molecule has 0 aliphatic heterocycles. The molecule has 3 aromatic carbocycles. The summed E-state index contributed by atoms with van der Waals surface area (Å²) < 4.78 is 75.9. The number of hydrogen-bond donors (Lipinski definition) is 2. The Bertz CT molecular complexity index is 1670. The summed E-state index contributed by atoms with van der Waals surface area (Å²) in [4.78, 5) is 17.4. The zero-order valence-corrected chi connectivity index (χ0v) is 25.5. The van der Waals surface area contributed by atoms with Crippen LogP contribution in [0.4, 0.5) is 39.3 Å². The number of aromatic nitrogens is 2. The minimum Gasteiger partial charge on any atom is -0.484 e. The molecule has 1 aliphatic carbocycles. The Hall–Kier alpha value is -4.06. The van der Waals surface area contributed by atoms with E-state index in [4.69, 9.17) is 21.3 Å². The molecule has 0 spiro atoms. The molecule has 1 saturated carbocycles. The first-order chi connectivity index (χ1) is 21.2. The largest absolute Gasteiger partial charge is 0.573 e. The Balaban J connectivity index is 1.38. The van der Waals surface area contributed by atoms with E-state index in [1.54, 1.807) is 12.1 Å². The van der Waals surface area contributed by atoms with Crippen LogP contribution in [-0.2, 0) is 4.79 Å². The fraction of sp³-hybridized carbons (Fsp3) is 0.375. The molecule has 1 fully saturated rings. The van der Waals surface area contributed by atoms with Crippen LogP contribution in [0.5, 0.6) is 11.5 Å². The van der Waals surface area contributed by atoms with E-state index in [1.807, 2.05) is 6.07 Å². The third kappa shape index (κ3) is 8.16. The number of alkyl halides is 5. The lowest BCUT2D eigenvalue weighted by Crippen LogP contribution is -2.29. The fourth-order valence-corrected chi connectivity index (χ4v) is 6.26. The number of carbonyl (C=O) groups is 1. The molecule has 0 radical (unpaired) electrons. The van der Waals surface area contributed by atoms with Crippen molar-refractivity contribution in [1.29, 1.82) is 0 Å². The number of benzene rings is 3. The van der Waals surface area contributed by atoms with Crippen LogP contribution in [0.2, 0.25) is 5.02 Å². The summed E-state index contributed by atoms with van der Waals surface area (Å²) in [5, 5.41) is 5.86. The Morgan fingerprint density at radius 2 is 1.78 bits per heavy atom. The van der Waals surface area contributed by atoms with Crippen molar-refractivity contribution in [2.24, 2.45) is 11.3 Å². The van der Waals surface area contributed by atoms with Crippen LogP contribution < -0.4 is 20.1 Å². The number of imidazole rings is 1. The molecule has 1 aliphatic rings. The predicted molar refractivity (Wildman–Crippen MR) is 163 cm³/mol. The number of ether oxygens (including phenoxy) is 2. The molecule has 1 amide bonds. The molecule has 2 atom stereocenters. The normalized spacial score (nSPS) is 18.2. The molecule has 0 unspecified atom stereocenters. The zero-order chi connectivity index (χ0) is 32.5. The molecule has 13 heteroatoms. The van der Waals surface area contributed by atoms with Crippen LogP contribution in [-0.4, -0.2) is 28.4 Å². The summed E-state index contributed by atoms with van der Waals surface area (Å²) in [7, 11) is 0. The summed E-state index contributed by atoms with van der Waals surface area (Å²) in [5.74, 6) is 0.394. The van der Waals surface area contributed by atoms with Crippen molar-refractivity contribution in [3.63, 3.8) is 0 Å². The summed E-state index contributed by atoms with van der Waals surface area (Å²) in [6.07, 6.45) is -4.62. The highest BCUT2D eigenvalue weighted by Gasteiger charge is 2.35. The second kappa shape index (κ2) is 12.7. The number of amides is 1. The quantitative estimate of drug-likeness (QED) is 0.176. The number of fused-ring (bicyclic) bond motifs is 1. The molecule has 240 valence electrons. The second-order valence-corrected chi connectivity index (χ2v) is 12.5. The fourth-order valence-electron chi connectivity index (χ4n) is 6.10. The molecule has 0 saturated heterocycles. The van der Waals surface area contributed by atoms with Crippen molar-refractivity contribution in [3.05, 3.63) is 71.2 Å². The van der Waals surface area contributed by atoms with E-state index in [0.29, 0.717) is 28.8 Å². The maximum Gasteiger partial charge on any atom is 0.573 e. The Labute approximate surface area is 261 Å². The number of hydrogen-bond acceptors (Lipinski definition) is 5. The van der Waals surface area contributed by atoms with E-state index in [2.05, 4.69) is 40.7 Å². The van der Waals surface area contributed by atoms with Crippen LogP contribution in [0.15, 0.2) is 60.7 Å². The third-order valence-corrected chi connectivity index (χ3v) is 7.95. The molecule has 5 rings (SSSR count). The number of rotatable bonds is 9. The molecule has 0 bridgehead atoms. The van der Waals surface area contributed by atoms with Gasteiger partial charge in [0, 0.05) is 23.4 Å². The Morgan fingerprint density at radius 1 is 1.07 bits per heavy atom. The molecule has 1 heterocycles. The summed E-state index contributed by atoms with van der Waals surface area (Å²) >= 11 is 6.06. The van der Waals surface area contributed by atoms with E-state index in [-0.39, 0.29) is 33.5 Å². The Morgan fingerprint density at radius 3 is 2.44 bits per heavy atom. The summed E-state index contributed by atoms with van der Waals surface area (Å²) in [6, 6.07) is 14.3. The van der Waals surface area contributed by atoms with Crippen molar-refractivity contribution in [1.82, 2.24) is 9.55 Å². The maximum absolute atomic E-state index is 13.1. The van der Waals surface area contributed by atoms with Crippen molar-refractivity contribution in [3.8, 4) is 11.5 Å². The van der Waals surface area contributed by atoms with Crippen LogP contribution in [0, 0.1) is 11.3 Å².